The van der Waals surface area contributed by atoms with E-state index in [1.807, 2.05) is 11.0 Å². The van der Waals surface area contributed by atoms with Gasteiger partial charge in [0.1, 0.15) is 0 Å². The van der Waals surface area contributed by atoms with Crippen LogP contribution >= 0.6 is 11.3 Å². The molecule has 1 aromatic heterocycles. The average molecular weight is 321 g/mol. The van der Waals surface area contributed by atoms with Crippen LogP contribution in [0.3, 0.4) is 0 Å². The molecule has 0 aromatic carbocycles. The normalized spacial score (nSPS) is 17.8. The van der Waals surface area contributed by atoms with E-state index in [2.05, 4.69) is 17.3 Å². The smallest absolute Gasteiger partial charge is 0.261 e. The highest BCUT2D eigenvalue weighted by Gasteiger charge is 2.21. The number of nitrogens with one attached hydrogen (secondary N) is 1. The molecule has 0 aliphatic carbocycles. The Bertz CT molecular complexity index is 570. The van der Waals surface area contributed by atoms with Gasteiger partial charge >= 0.3 is 0 Å². The van der Waals surface area contributed by atoms with Crippen molar-refractivity contribution in [3.8, 4) is 0 Å². The molecule has 0 bridgehead atoms. The molecule has 0 saturated carbocycles. The number of amides is 2. The van der Waals surface area contributed by atoms with E-state index in [9.17, 15) is 9.59 Å². The Labute approximate surface area is 135 Å². The molecule has 2 aliphatic rings. The van der Waals surface area contributed by atoms with Gasteiger partial charge in [0.2, 0.25) is 5.91 Å². The molecule has 6 heteroatoms. The lowest BCUT2D eigenvalue weighted by Gasteiger charge is -2.23. The number of rotatable bonds is 5. The van der Waals surface area contributed by atoms with E-state index in [0.29, 0.717) is 13.0 Å². The summed E-state index contributed by atoms with van der Waals surface area (Å²) in [4.78, 5) is 28.7. The minimum atomic E-state index is 0.0144. The van der Waals surface area contributed by atoms with Crippen molar-refractivity contribution >= 4 is 28.2 Å². The number of aryl methyl sites for hydroxylation is 1. The van der Waals surface area contributed by atoms with Crippen LogP contribution in [0.4, 0.5) is 5.00 Å². The highest BCUT2D eigenvalue weighted by Crippen LogP contribution is 2.34. The van der Waals surface area contributed by atoms with Gasteiger partial charge in [-0.1, -0.05) is 0 Å². The Balaban J connectivity index is 1.47. The molecule has 1 N–H and O–H groups in total. The van der Waals surface area contributed by atoms with Crippen molar-refractivity contribution in [2.45, 2.75) is 32.1 Å². The monoisotopic (exact) mass is 321 g/mol. The number of thiophene rings is 1. The number of fused-ring (bicyclic) bond motifs is 1. The summed E-state index contributed by atoms with van der Waals surface area (Å²) in [5, 5.41) is 4.21. The van der Waals surface area contributed by atoms with E-state index in [1.54, 1.807) is 11.3 Å². The van der Waals surface area contributed by atoms with Crippen LogP contribution in [0.1, 0.15) is 40.9 Å². The van der Waals surface area contributed by atoms with Crippen LogP contribution in [0.15, 0.2) is 6.07 Å². The number of hydrogen-bond donors (Lipinski definition) is 1. The van der Waals surface area contributed by atoms with E-state index in [4.69, 9.17) is 0 Å². The minimum absolute atomic E-state index is 0.0144. The molecule has 3 heterocycles. The van der Waals surface area contributed by atoms with Crippen molar-refractivity contribution in [2.24, 2.45) is 0 Å². The third-order valence-electron chi connectivity index (χ3n) is 4.36. The predicted octanol–water partition coefficient (Wildman–Crippen LogP) is 1.87. The van der Waals surface area contributed by atoms with Gasteiger partial charge in [-0.3, -0.25) is 9.59 Å². The van der Waals surface area contributed by atoms with Crippen molar-refractivity contribution < 1.29 is 9.59 Å². The minimum Gasteiger partial charge on any atom is -0.366 e. The number of carbonyl (C=O) groups is 2. The van der Waals surface area contributed by atoms with Crippen LogP contribution < -0.4 is 10.2 Å². The Morgan fingerprint density at radius 2 is 2.14 bits per heavy atom. The van der Waals surface area contributed by atoms with Gasteiger partial charge in [0.05, 0.1) is 9.88 Å². The van der Waals surface area contributed by atoms with Crippen LogP contribution in [-0.4, -0.2) is 49.9 Å². The topological polar surface area (TPSA) is 52.7 Å². The lowest BCUT2D eigenvalue weighted by Crippen LogP contribution is -2.30. The first kappa shape index (κ1) is 15.3. The zero-order valence-corrected chi connectivity index (χ0v) is 13.9. The van der Waals surface area contributed by atoms with Gasteiger partial charge in [-0.15, -0.1) is 11.3 Å². The summed E-state index contributed by atoms with van der Waals surface area (Å²) in [6, 6.07) is 2.04. The fraction of sp³-hybridized carbons (Fsp3) is 0.625. The quantitative estimate of drug-likeness (QED) is 0.843. The van der Waals surface area contributed by atoms with Crippen molar-refractivity contribution in [3.63, 3.8) is 0 Å². The predicted molar refractivity (Wildman–Crippen MR) is 88.7 cm³/mol. The van der Waals surface area contributed by atoms with Gasteiger partial charge in [0.25, 0.3) is 5.91 Å². The summed E-state index contributed by atoms with van der Waals surface area (Å²) in [7, 11) is 2.09. The Morgan fingerprint density at radius 1 is 1.32 bits per heavy atom. The second kappa shape index (κ2) is 6.69. The molecule has 3 rings (SSSR count). The largest absolute Gasteiger partial charge is 0.366 e. The molecule has 120 valence electrons. The zero-order valence-electron chi connectivity index (χ0n) is 13.1. The van der Waals surface area contributed by atoms with Crippen LogP contribution in [0.25, 0.3) is 0 Å². The van der Waals surface area contributed by atoms with Gasteiger partial charge in [-0.05, 0) is 37.3 Å². The SMILES string of the molecule is CN1CCCc2cc(C(=O)NCCCN3CCCC3=O)sc21. The second-order valence-electron chi connectivity index (χ2n) is 6.06. The lowest BCUT2D eigenvalue weighted by atomic mass is 10.1. The number of carbonyl (C=O) groups excluding carboxylic acids is 2. The first-order valence-corrected chi connectivity index (χ1v) is 8.86. The van der Waals surface area contributed by atoms with Crippen molar-refractivity contribution in [1.29, 1.82) is 0 Å². The standard InChI is InChI=1S/C16H23N3O2S/c1-18-8-2-5-12-11-13(22-16(12)18)15(21)17-7-4-10-19-9-3-6-14(19)20/h11H,2-10H2,1H3,(H,17,21). The number of likely N-dealkylation sites (tertiary alicyclic amines) is 1. The highest BCUT2D eigenvalue weighted by molar-refractivity contribution is 7.18. The van der Waals surface area contributed by atoms with E-state index < -0.39 is 0 Å². The molecule has 0 radical (unpaired) electrons. The molecule has 1 aromatic rings. The first-order valence-electron chi connectivity index (χ1n) is 8.05. The summed E-state index contributed by atoms with van der Waals surface area (Å²) in [6.45, 7) is 3.32. The fourth-order valence-corrected chi connectivity index (χ4v) is 4.25. The van der Waals surface area contributed by atoms with Crippen molar-refractivity contribution in [3.05, 3.63) is 16.5 Å². The van der Waals surface area contributed by atoms with Gasteiger partial charge in [0, 0.05) is 39.6 Å². The summed E-state index contributed by atoms with van der Waals surface area (Å²) in [5.41, 5.74) is 1.30. The van der Waals surface area contributed by atoms with Crippen molar-refractivity contribution in [2.75, 3.05) is 38.1 Å². The molecular formula is C16H23N3O2S. The highest BCUT2D eigenvalue weighted by atomic mass is 32.1. The second-order valence-corrected chi connectivity index (χ2v) is 7.09. The number of nitrogens with zero attached hydrogens (tertiary/aromatic N) is 2. The molecule has 1 fully saturated rings. The van der Waals surface area contributed by atoms with Crippen molar-refractivity contribution in [1.82, 2.24) is 10.2 Å². The first-order chi connectivity index (χ1) is 10.6. The van der Waals surface area contributed by atoms with E-state index >= 15 is 0 Å². The fourth-order valence-electron chi connectivity index (χ4n) is 3.14. The maximum Gasteiger partial charge on any atom is 0.261 e. The molecule has 0 atom stereocenters. The van der Waals surface area contributed by atoms with E-state index in [1.165, 1.54) is 10.6 Å². The van der Waals surface area contributed by atoms with Gasteiger partial charge in [-0.25, -0.2) is 0 Å². The van der Waals surface area contributed by atoms with Crippen LogP contribution in [0.2, 0.25) is 0 Å². The number of anilines is 1. The molecule has 2 amide bonds. The van der Waals surface area contributed by atoms with E-state index in [-0.39, 0.29) is 11.8 Å². The maximum atomic E-state index is 12.2. The Hall–Kier alpha value is -1.56. The van der Waals surface area contributed by atoms with Crippen LogP contribution in [0, 0.1) is 0 Å². The molecule has 22 heavy (non-hydrogen) atoms. The molecule has 2 aliphatic heterocycles. The zero-order chi connectivity index (χ0) is 15.5. The summed E-state index contributed by atoms with van der Waals surface area (Å²) in [5.74, 6) is 0.265. The molecule has 0 spiro atoms. The molecule has 5 nitrogen and oxygen atoms in total. The third-order valence-corrected chi connectivity index (χ3v) is 5.65. The third kappa shape index (κ3) is 3.27. The lowest BCUT2D eigenvalue weighted by molar-refractivity contribution is -0.127. The van der Waals surface area contributed by atoms with Gasteiger partial charge in [-0.2, -0.15) is 0 Å². The van der Waals surface area contributed by atoms with Gasteiger partial charge in [0.15, 0.2) is 0 Å². The molecule has 0 unspecified atom stereocenters. The number of hydrogen-bond acceptors (Lipinski definition) is 4. The van der Waals surface area contributed by atoms with Crippen LogP contribution in [-0.2, 0) is 11.2 Å². The summed E-state index contributed by atoms with van der Waals surface area (Å²) >= 11 is 1.58. The Kier molecular flexibility index (Phi) is 4.66. The van der Waals surface area contributed by atoms with E-state index in [0.717, 1.165) is 50.2 Å². The summed E-state index contributed by atoms with van der Waals surface area (Å²) in [6.07, 6.45) is 4.70. The Morgan fingerprint density at radius 3 is 2.86 bits per heavy atom. The van der Waals surface area contributed by atoms with Gasteiger partial charge < -0.3 is 15.1 Å². The summed E-state index contributed by atoms with van der Waals surface area (Å²) < 4.78 is 0. The molecular weight excluding hydrogens is 298 g/mol. The maximum absolute atomic E-state index is 12.2. The molecule has 1 saturated heterocycles. The average Bonchev–Trinajstić information content (AvgIpc) is 3.11. The van der Waals surface area contributed by atoms with Crippen LogP contribution in [0.5, 0.6) is 0 Å².